The Labute approximate surface area is 120 Å². The Balaban J connectivity index is 1.73. The maximum Gasteiger partial charge on any atom is 0.315 e. The predicted molar refractivity (Wildman–Crippen MR) is 79.3 cm³/mol. The lowest BCUT2D eigenvalue weighted by molar-refractivity contribution is 0.170. The van der Waals surface area contributed by atoms with Crippen molar-refractivity contribution in [1.29, 1.82) is 0 Å². The van der Waals surface area contributed by atoms with Crippen molar-refractivity contribution in [3.05, 3.63) is 30.1 Å². The quantitative estimate of drug-likeness (QED) is 0.884. The van der Waals surface area contributed by atoms with Crippen LogP contribution < -0.4 is 10.6 Å². The first-order chi connectivity index (χ1) is 9.45. The summed E-state index contributed by atoms with van der Waals surface area (Å²) >= 11 is 0. The van der Waals surface area contributed by atoms with Crippen molar-refractivity contribution in [1.82, 2.24) is 20.5 Å². The van der Waals surface area contributed by atoms with E-state index in [2.05, 4.69) is 41.3 Å². The molecule has 1 atom stereocenters. The van der Waals surface area contributed by atoms with Crippen LogP contribution in [-0.4, -0.2) is 40.6 Å². The van der Waals surface area contributed by atoms with Gasteiger partial charge in [0.1, 0.15) is 0 Å². The SMILES string of the molecule is CC(C)(C)N1CC[C@H](NC(=O)NCc2cccnc2)C1. The van der Waals surface area contributed by atoms with Gasteiger partial charge in [0.05, 0.1) is 0 Å². The van der Waals surface area contributed by atoms with Gasteiger partial charge in [-0.3, -0.25) is 9.88 Å². The van der Waals surface area contributed by atoms with Gasteiger partial charge in [-0.25, -0.2) is 4.79 Å². The summed E-state index contributed by atoms with van der Waals surface area (Å²) in [6, 6.07) is 3.95. The van der Waals surface area contributed by atoms with Crippen LogP contribution in [0, 0.1) is 0 Å². The van der Waals surface area contributed by atoms with E-state index in [1.165, 1.54) is 0 Å². The highest BCUT2D eigenvalue weighted by molar-refractivity contribution is 5.74. The molecule has 0 aliphatic carbocycles. The van der Waals surface area contributed by atoms with Crippen LogP contribution >= 0.6 is 0 Å². The summed E-state index contributed by atoms with van der Waals surface area (Å²) in [4.78, 5) is 18.3. The van der Waals surface area contributed by atoms with E-state index >= 15 is 0 Å². The van der Waals surface area contributed by atoms with Crippen LogP contribution in [0.2, 0.25) is 0 Å². The number of urea groups is 1. The molecule has 0 bridgehead atoms. The smallest absolute Gasteiger partial charge is 0.315 e. The van der Waals surface area contributed by atoms with Crippen molar-refractivity contribution in [2.24, 2.45) is 0 Å². The van der Waals surface area contributed by atoms with Crippen LogP contribution in [-0.2, 0) is 6.54 Å². The molecular formula is C15H24N4O. The van der Waals surface area contributed by atoms with Crippen LogP contribution in [0.1, 0.15) is 32.8 Å². The lowest BCUT2D eigenvalue weighted by Crippen LogP contribution is -2.45. The van der Waals surface area contributed by atoms with Crippen LogP contribution in [0.15, 0.2) is 24.5 Å². The summed E-state index contributed by atoms with van der Waals surface area (Å²) in [6.07, 6.45) is 4.50. The van der Waals surface area contributed by atoms with Crippen molar-refractivity contribution >= 4 is 6.03 Å². The lowest BCUT2D eigenvalue weighted by Gasteiger charge is -2.31. The molecule has 1 aromatic heterocycles. The zero-order chi connectivity index (χ0) is 14.6. The minimum Gasteiger partial charge on any atom is -0.334 e. The van der Waals surface area contributed by atoms with E-state index in [1.807, 2.05) is 12.1 Å². The summed E-state index contributed by atoms with van der Waals surface area (Å²) in [5.41, 5.74) is 1.17. The number of nitrogens with zero attached hydrogens (tertiary/aromatic N) is 2. The van der Waals surface area contributed by atoms with E-state index in [1.54, 1.807) is 12.4 Å². The minimum atomic E-state index is -0.102. The molecule has 1 aromatic rings. The summed E-state index contributed by atoms with van der Waals surface area (Å²) in [5.74, 6) is 0. The first kappa shape index (κ1) is 14.8. The Kier molecular flexibility index (Phi) is 4.60. The van der Waals surface area contributed by atoms with Gasteiger partial charge in [0.25, 0.3) is 0 Å². The predicted octanol–water partition coefficient (Wildman–Crippen LogP) is 1.75. The molecule has 1 fully saturated rings. The summed E-state index contributed by atoms with van der Waals surface area (Å²) in [6.45, 7) is 9.09. The van der Waals surface area contributed by atoms with Gasteiger partial charge in [-0.2, -0.15) is 0 Å². The fourth-order valence-corrected chi connectivity index (χ4v) is 2.41. The number of pyridine rings is 1. The Bertz CT molecular complexity index is 441. The molecule has 2 rings (SSSR count). The van der Waals surface area contributed by atoms with Crippen molar-refractivity contribution in [2.45, 2.75) is 45.3 Å². The van der Waals surface area contributed by atoms with Gasteiger partial charge in [-0.1, -0.05) is 6.07 Å². The first-order valence-electron chi connectivity index (χ1n) is 7.13. The first-order valence-corrected chi connectivity index (χ1v) is 7.13. The van der Waals surface area contributed by atoms with E-state index in [0.717, 1.165) is 25.1 Å². The third-order valence-corrected chi connectivity index (χ3v) is 3.65. The van der Waals surface area contributed by atoms with E-state index in [-0.39, 0.29) is 17.6 Å². The van der Waals surface area contributed by atoms with Crippen molar-refractivity contribution < 1.29 is 4.79 Å². The minimum absolute atomic E-state index is 0.102. The van der Waals surface area contributed by atoms with Crippen LogP contribution in [0.25, 0.3) is 0 Å². The van der Waals surface area contributed by atoms with Gasteiger partial charge in [-0.15, -0.1) is 0 Å². The Morgan fingerprint density at radius 3 is 2.90 bits per heavy atom. The highest BCUT2D eigenvalue weighted by Gasteiger charge is 2.30. The molecule has 5 heteroatoms. The maximum atomic E-state index is 11.9. The van der Waals surface area contributed by atoms with Crippen molar-refractivity contribution in [2.75, 3.05) is 13.1 Å². The average Bonchev–Trinajstić information content (AvgIpc) is 2.86. The zero-order valence-electron chi connectivity index (χ0n) is 12.5. The van der Waals surface area contributed by atoms with Gasteiger partial charge in [0.2, 0.25) is 0 Å². The molecular weight excluding hydrogens is 252 g/mol. The molecule has 110 valence electrons. The Hall–Kier alpha value is -1.62. The number of nitrogens with one attached hydrogen (secondary N) is 2. The van der Waals surface area contributed by atoms with Gasteiger partial charge in [0, 0.05) is 43.6 Å². The van der Waals surface area contributed by atoms with Crippen LogP contribution in [0.4, 0.5) is 4.79 Å². The molecule has 2 amide bonds. The number of carbonyl (C=O) groups excluding carboxylic acids is 1. The third kappa shape index (κ3) is 4.20. The fraction of sp³-hybridized carbons (Fsp3) is 0.600. The molecule has 0 radical (unpaired) electrons. The van der Waals surface area contributed by atoms with Crippen molar-refractivity contribution in [3.8, 4) is 0 Å². The summed E-state index contributed by atoms with van der Waals surface area (Å²) in [5, 5.41) is 5.91. The summed E-state index contributed by atoms with van der Waals surface area (Å²) < 4.78 is 0. The number of carbonyl (C=O) groups is 1. The standard InChI is InChI=1S/C15H24N4O/c1-15(2,3)19-8-6-13(11-19)18-14(20)17-10-12-5-4-7-16-9-12/h4-5,7,9,13H,6,8,10-11H2,1-3H3,(H2,17,18,20)/t13-/m0/s1. The largest absolute Gasteiger partial charge is 0.334 e. The van der Waals surface area contributed by atoms with Gasteiger partial charge in [-0.05, 0) is 38.8 Å². The van der Waals surface area contributed by atoms with E-state index in [0.29, 0.717) is 6.54 Å². The highest BCUT2D eigenvalue weighted by Crippen LogP contribution is 2.20. The topological polar surface area (TPSA) is 57.3 Å². The second kappa shape index (κ2) is 6.22. The highest BCUT2D eigenvalue weighted by atomic mass is 16.2. The average molecular weight is 276 g/mol. The van der Waals surface area contributed by atoms with E-state index < -0.39 is 0 Å². The van der Waals surface area contributed by atoms with Gasteiger partial charge in [0.15, 0.2) is 0 Å². The molecule has 0 saturated carbocycles. The Morgan fingerprint density at radius 2 is 2.30 bits per heavy atom. The number of hydrogen-bond acceptors (Lipinski definition) is 3. The number of hydrogen-bond donors (Lipinski definition) is 2. The van der Waals surface area contributed by atoms with Crippen molar-refractivity contribution in [3.63, 3.8) is 0 Å². The third-order valence-electron chi connectivity index (χ3n) is 3.65. The lowest BCUT2D eigenvalue weighted by atomic mass is 10.1. The molecule has 1 aliphatic rings. The molecule has 1 saturated heterocycles. The van der Waals surface area contributed by atoms with Crippen LogP contribution in [0.3, 0.4) is 0 Å². The van der Waals surface area contributed by atoms with E-state index in [9.17, 15) is 4.79 Å². The van der Waals surface area contributed by atoms with E-state index in [4.69, 9.17) is 0 Å². The Morgan fingerprint density at radius 1 is 1.50 bits per heavy atom. The monoisotopic (exact) mass is 276 g/mol. The maximum absolute atomic E-state index is 11.9. The van der Waals surface area contributed by atoms with Crippen LogP contribution in [0.5, 0.6) is 0 Å². The number of likely N-dealkylation sites (tertiary alicyclic amines) is 1. The fourth-order valence-electron chi connectivity index (χ4n) is 2.41. The molecule has 20 heavy (non-hydrogen) atoms. The molecule has 1 aliphatic heterocycles. The number of amides is 2. The van der Waals surface area contributed by atoms with Gasteiger partial charge >= 0.3 is 6.03 Å². The second-order valence-electron chi connectivity index (χ2n) is 6.29. The molecule has 2 N–H and O–H groups in total. The number of rotatable bonds is 3. The zero-order valence-corrected chi connectivity index (χ0v) is 12.5. The molecule has 0 aromatic carbocycles. The molecule has 0 spiro atoms. The molecule has 5 nitrogen and oxygen atoms in total. The number of aromatic nitrogens is 1. The summed E-state index contributed by atoms with van der Waals surface area (Å²) in [7, 11) is 0. The molecule has 0 unspecified atom stereocenters. The molecule has 2 heterocycles. The van der Waals surface area contributed by atoms with Gasteiger partial charge < -0.3 is 10.6 Å². The second-order valence-corrected chi connectivity index (χ2v) is 6.29. The normalized spacial score (nSPS) is 19.9.